The van der Waals surface area contributed by atoms with E-state index in [2.05, 4.69) is 0 Å². The van der Waals surface area contributed by atoms with Crippen molar-refractivity contribution in [2.45, 2.75) is 19.3 Å². The Morgan fingerprint density at radius 3 is 2.48 bits per heavy atom. The number of halogens is 4. The quantitative estimate of drug-likeness (QED) is 0.885. The highest BCUT2D eigenvalue weighted by atomic mass is 19.4. The molecule has 0 unspecified atom stereocenters. The molecule has 3 nitrogen and oxygen atoms in total. The molecule has 1 aromatic carbocycles. The molecular weight excluding hydrogens is 288 g/mol. The van der Waals surface area contributed by atoms with Crippen molar-refractivity contribution in [1.82, 2.24) is 4.57 Å². The molecule has 0 aliphatic heterocycles. The molecule has 0 fully saturated rings. The molecule has 2 aromatic rings. The molecule has 1 aromatic heterocycles. The Labute approximate surface area is 117 Å². The number of benzene rings is 1. The van der Waals surface area contributed by atoms with Crippen LogP contribution in [0.25, 0.3) is 0 Å². The molecule has 0 amide bonds. The van der Waals surface area contributed by atoms with Gasteiger partial charge in [0.25, 0.3) is 5.56 Å². The second-order valence-electron chi connectivity index (χ2n) is 4.46. The predicted molar refractivity (Wildman–Crippen MR) is 69.1 cm³/mol. The van der Waals surface area contributed by atoms with Crippen molar-refractivity contribution in [3.05, 3.63) is 69.4 Å². The second-order valence-corrected chi connectivity index (χ2v) is 4.46. The van der Waals surface area contributed by atoms with Crippen molar-refractivity contribution < 1.29 is 17.6 Å². The predicted octanol–water partition coefficient (Wildman–Crippen LogP) is 2.51. The Hall–Kier alpha value is -2.15. The van der Waals surface area contributed by atoms with Crippen LogP contribution < -0.4 is 11.3 Å². The maximum Gasteiger partial charge on any atom is 0.431 e. The number of aromatic nitrogens is 1. The lowest BCUT2D eigenvalue weighted by Crippen LogP contribution is -2.27. The van der Waals surface area contributed by atoms with Crippen LogP contribution in [0.4, 0.5) is 17.6 Å². The van der Waals surface area contributed by atoms with Gasteiger partial charge in [0.1, 0.15) is 11.5 Å². The van der Waals surface area contributed by atoms with E-state index in [-0.39, 0.29) is 18.7 Å². The molecule has 0 aliphatic carbocycles. The zero-order valence-electron chi connectivity index (χ0n) is 10.8. The van der Waals surface area contributed by atoms with Crippen LogP contribution in [-0.2, 0) is 19.3 Å². The van der Waals surface area contributed by atoms with Gasteiger partial charge in [-0.15, -0.1) is 0 Å². The minimum absolute atomic E-state index is 0.0739. The standard InChI is InChI=1S/C14H12F4N2O/c15-11-5-4-9(6-10(11)7-19)8-20-12(14(16,17)18)2-1-3-13(20)21/h1-6H,7-8,19H2. The molecule has 21 heavy (non-hydrogen) atoms. The van der Waals surface area contributed by atoms with Crippen LogP contribution >= 0.6 is 0 Å². The van der Waals surface area contributed by atoms with Crippen LogP contribution in [0.1, 0.15) is 16.8 Å². The molecule has 1 heterocycles. The van der Waals surface area contributed by atoms with Gasteiger partial charge in [0, 0.05) is 18.2 Å². The van der Waals surface area contributed by atoms with Gasteiger partial charge in [-0.05, 0) is 23.8 Å². The van der Waals surface area contributed by atoms with E-state index in [0.29, 0.717) is 10.1 Å². The van der Waals surface area contributed by atoms with E-state index in [9.17, 15) is 22.4 Å². The smallest absolute Gasteiger partial charge is 0.326 e. The van der Waals surface area contributed by atoms with E-state index in [4.69, 9.17) is 5.73 Å². The number of alkyl halides is 3. The van der Waals surface area contributed by atoms with Crippen molar-refractivity contribution in [3.63, 3.8) is 0 Å². The summed E-state index contributed by atoms with van der Waals surface area (Å²) in [5, 5.41) is 0. The van der Waals surface area contributed by atoms with Crippen molar-refractivity contribution in [2.75, 3.05) is 0 Å². The van der Waals surface area contributed by atoms with E-state index in [1.807, 2.05) is 0 Å². The molecule has 7 heteroatoms. The fourth-order valence-electron chi connectivity index (χ4n) is 2.00. The normalized spacial score (nSPS) is 11.7. The van der Waals surface area contributed by atoms with Gasteiger partial charge in [0.05, 0.1) is 6.54 Å². The molecule has 2 N–H and O–H groups in total. The molecule has 0 saturated heterocycles. The number of pyridine rings is 1. The first-order valence-electron chi connectivity index (χ1n) is 6.07. The maximum atomic E-state index is 13.3. The van der Waals surface area contributed by atoms with Crippen molar-refractivity contribution in [1.29, 1.82) is 0 Å². The molecule has 0 bridgehead atoms. The van der Waals surface area contributed by atoms with Crippen LogP contribution in [-0.4, -0.2) is 4.57 Å². The number of nitrogens with zero attached hydrogens (tertiary/aromatic N) is 1. The highest BCUT2D eigenvalue weighted by Crippen LogP contribution is 2.28. The Bertz CT molecular complexity index is 707. The lowest BCUT2D eigenvalue weighted by molar-refractivity contribution is -0.144. The van der Waals surface area contributed by atoms with Gasteiger partial charge in [-0.2, -0.15) is 13.2 Å². The topological polar surface area (TPSA) is 48.0 Å². The summed E-state index contributed by atoms with van der Waals surface area (Å²) in [4.78, 5) is 11.7. The molecule has 0 radical (unpaired) electrons. The summed E-state index contributed by atoms with van der Waals surface area (Å²) in [7, 11) is 0. The average molecular weight is 300 g/mol. The van der Waals surface area contributed by atoms with Crippen LogP contribution in [0.15, 0.2) is 41.2 Å². The third-order valence-electron chi connectivity index (χ3n) is 3.01. The molecular formula is C14H12F4N2O. The molecule has 0 atom stereocenters. The third kappa shape index (κ3) is 3.30. The minimum Gasteiger partial charge on any atom is -0.326 e. The first-order valence-corrected chi connectivity index (χ1v) is 6.07. The van der Waals surface area contributed by atoms with Gasteiger partial charge in [0.2, 0.25) is 0 Å². The van der Waals surface area contributed by atoms with Crippen LogP contribution in [0, 0.1) is 5.82 Å². The van der Waals surface area contributed by atoms with Gasteiger partial charge in [-0.1, -0.05) is 12.1 Å². The van der Waals surface area contributed by atoms with Gasteiger partial charge in [-0.3, -0.25) is 9.36 Å². The van der Waals surface area contributed by atoms with Crippen LogP contribution in [0.3, 0.4) is 0 Å². The zero-order chi connectivity index (χ0) is 15.6. The van der Waals surface area contributed by atoms with Crippen molar-refractivity contribution >= 4 is 0 Å². The van der Waals surface area contributed by atoms with E-state index in [1.54, 1.807) is 0 Å². The summed E-state index contributed by atoms with van der Waals surface area (Å²) in [6.07, 6.45) is -4.64. The highest BCUT2D eigenvalue weighted by Gasteiger charge is 2.34. The van der Waals surface area contributed by atoms with Gasteiger partial charge >= 0.3 is 6.18 Å². The van der Waals surface area contributed by atoms with Crippen LogP contribution in [0.5, 0.6) is 0 Å². The van der Waals surface area contributed by atoms with Gasteiger partial charge in [0.15, 0.2) is 0 Å². The summed E-state index contributed by atoms with van der Waals surface area (Å²) < 4.78 is 52.6. The summed E-state index contributed by atoms with van der Waals surface area (Å²) in [5.41, 5.74) is 4.09. The van der Waals surface area contributed by atoms with Gasteiger partial charge < -0.3 is 5.73 Å². The Morgan fingerprint density at radius 1 is 1.14 bits per heavy atom. The Kier molecular flexibility index (Phi) is 4.13. The zero-order valence-corrected chi connectivity index (χ0v) is 10.8. The number of nitrogens with two attached hydrogens (primary N) is 1. The first-order chi connectivity index (χ1) is 9.82. The monoisotopic (exact) mass is 300 g/mol. The van der Waals surface area contributed by atoms with E-state index in [0.717, 1.165) is 24.3 Å². The second kappa shape index (κ2) is 5.69. The summed E-state index contributed by atoms with van der Waals surface area (Å²) >= 11 is 0. The minimum atomic E-state index is -4.64. The van der Waals surface area contributed by atoms with Crippen LogP contribution in [0.2, 0.25) is 0 Å². The molecule has 0 saturated carbocycles. The van der Waals surface area contributed by atoms with Crippen molar-refractivity contribution in [3.8, 4) is 0 Å². The summed E-state index contributed by atoms with van der Waals surface area (Å²) in [6.45, 7) is -0.378. The lowest BCUT2D eigenvalue weighted by atomic mass is 10.1. The fraction of sp³-hybridized carbons (Fsp3) is 0.214. The van der Waals surface area contributed by atoms with E-state index in [1.165, 1.54) is 12.1 Å². The molecule has 0 spiro atoms. The van der Waals surface area contributed by atoms with Crippen molar-refractivity contribution in [2.24, 2.45) is 5.73 Å². The summed E-state index contributed by atoms with van der Waals surface area (Å²) in [5.74, 6) is -0.530. The maximum absolute atomic E-state index is 13.3. The largest absolute Gasteiger partial charge is 0.431 e. The SMILES string of the molecule is NCc1cc(Cn2c(C(F)(F)F)cccc2=O)ccc1F. The Morgan fingerprint density at radius 2 is 1.86 bits per heavy atom. The van der Waals surface area contributed by atoms with E-state index >= 15 is 0 Å². The number of hydrogen-bond acceptors (Lipinski definition) is 2. The number of rotatable bonds is 3. The first kappa shape index (κ1) is 15.2. The Balaban J connectivity index is 2.47. The van der Waals surface area contributed by atoms with E-state index < -0.39 is 23.2 Å². The molecule has 112 valence electrons. The van der Waals surface area contributed by atoms with Gasteiger partial charge in [-0.25, -0.2) is 4.39 Å². The fourth-order valence-corrected chi connectivity index (χ4v) is 2.00. The average Bonchev–Trinajstić information content (AvgIpc) is 2.41. The third-order valence-corrected chi connectivity index (χ3v) is 3.01. The number of hydrogen-bond donors (Lipinski definition) is 1. The molecule has 2 rings (SSSR count). The summed E-state index contributed by atoms with van der Waals surface area (Å²) in [6, 6.07) is 6.73. The molecule has 0 aliphatic rings. The highest BCUT2D eigenvalue weighted by molar-refractivity contribution is 5.26. The lowest BCUT2D eigenvalue weighted by Gasteiger charge is -2.15.